The van der Waals surface area contributed by atoms with E-state index in [0.717, 1.165) is 54.2 Å². The number of hydrogen-bond donors (Lipinski definition) is 2. The number of aromatic nitrogens is 5. The molecule has 0 spiro atoms. The van der Waals surface area contributed by atoms with E-state index in [-0.39, 0.29) is 29.5 Å². The van der Waals surface area contributed by atoms with Crippen molar-refractivity contribution in [2.75, 3.05) is 32.9 Å². The molecule has 10 nitrogen and oxygen atoms in total. The van der Waals surface area contributed by atoms with E-state index in [4.69, 9.17) is 10.7 Å². The number of carbonyl (C=O) groups excluding carboxylic acids is 2. The number of ketones is 1. The van der Waals surface area contributed by atoms with E-state index in [1.807, 2.05) is 10.3 Å². The van der Waals surface area contributed by atoms with Gasteiger partial charge < -0.3 is 15.5 Å². The summed E-state index contributed by atoms with van der Waals surface area (Å²) in [6.45, 7) is 5.75. The third-order valence-corrected chi connectivity index (χ3v) is 9.00. The van der Waals surface area contributed by atoms with Crippen LogP contribution >= 0.6 is 11.3 Å². The Hall–Kier alpha value is -3.18. The zero-order valence-electron chi connectivity index (χ0n) is 21.7. The highest BCUT2D eigenvalue weighted by molar-refractivity contribution is 7.09. The summed E-state index contributed by atoms with van der Waals surface area (Å²) in [5.41, 5.74) is 9.47. The molecule has 3 aliphatic rings. The molecule has 1 atom stereocenters. The van der Waals surface area contributed by atoms with Crippen molar-refractivity contribution < 1.29 is 9.59 Å². The summed E-state index contributed by atoms with van der Waals surface area (Å²) in [7, 11) is 4.13. The van der Waals surface area contributed by atoms with Gasteiger partial charge in [0.1, 0.15) is 16.4 Å². The van der Waals surface area contributed by atoms with Crippen LogP contribution in [0.15, 0.2) is 11.6 Å². The average Bonchev–Trinajstić information content (AvgIpc) is 3.24. The third kappa shape index (κ3) is 3.95. The number of aromatic amines is 1. The van der Waals surface area contributed by atoms with Gasteiger partial charge in [0.05, 0.1) is 23.2 Å². The van der Waals surface area contributed by atoms with Gasteiger partial charge in [-0.3, -0.25) is 14.7 Å². The van der Waals surface area contributed by atoms with Gasteiger partial charge in [-0.15, -0.1) is 11.3 Å². The van der Waals surface area contributed by atoms with Crippen LogP contribution in [0.25, 0.3) is 11.4 Å². The number of likely N-dealkylation sites (tertiary alicyclic amines) is 1. The summed E-state index contributed by atoms with van der Waals surface area (Å²) in [5, 5.41) is 10.1. The summed E-state index contributed by atoms with van der Waals surface area (Å²) in [6.07, 6.45) is 5.22. The minimum absolute atomic E-state index is 0.0715. The van der Waals surface area contributed by atoms with Crippen molar-refractivity contribution in [2.45, 2.75) is 62.8 Å². The lowest BCUT2D eigenvalue weighted by Crippen LogP contribution is -2.40. The highest BCUT2D eigenvalue weighted by Crippen LogP contribution is 2.50. The molecule has 1 amide bonds. The molecule has 1 saturated carbocycles. The molecule has 6 rings (SSSR count). The number of nitrogens with two attached hydrogens (primary N) is 1. The zero-order valence-corrected chi connectivity index (χ0v) is 22.5. The van der Waals surface area contributed by atoms with Crippen LogP contribution in [0, 0.1) is 0 Å². The molecule has 0 aromatic carbocycles. The van der Waals surface area contributed by atoms with Crippen LogP contribution in [0.5, 0.6) is 0 Å². The number of anilines is 1. The van der Waals surface area contributed by atoms with Crippen molar-refractivity contribution in [3.05, 3.63) is 39.1 Å². The Morgan fingerprint density at radius 3 is 2.73 bits per heavy atom. The van der Waals surface area contributed by atoms with Gasteiger partial charge in [0.2, 0.25) is 11.9 Å². The molecule has 0 unspecified atom stereocenters. The fourth-order valence-electron chi connectivity index (χ4n) is 5.89. The number of H-pyrrole nitrogens is 1. The Balaban J connectivity index is 1.22. The SMILES string of the molecule is CN(C)[C@@H]1CCN(C(=O)C2(c3csc(CC(=O)c4[nH]nc5c4C(C)(C)Cc4cnc(N)nc4-5)n3)CC2)C1. The normalized spacial score (nSPS) is 21.1. The fourth-order valence-corrected chi connectivity index (χ4v) is 6.78. The van der Waals surface area contributed by atoms with Gasteiger partial charge in [-0.25, -0.2) is 15.0 Å². The Morgan fingerprint density at radius 2 is 2.03 bits per heavy atom. The van der Waals surface area contributed by atoms with Gasteiger partial charge in [-0.2, -0.15) is 5.10 Å². The molecular formula is C26H32N8O2S. The van der Waals surface area contributed by atoms with Crippen LogP contribution in [0.4, 0.5) is 5.95 Å². The topological polar surface area (TPSA) is 134 Å². The maximum absolute atomic E-state index is 13.5. The molecule has 1 saturated heterocycles. The van der Waals surface area contributed by atoms with Gasteiger partial charge >= 0.3 is 0 Å². The number of nitrogens with zero attached hydrogens (tertiary/aromatic N) is 6. The smallest absolute Gasteiger partial charge is 0.234 e. The summed E-state index contributed by atoms with van der Waals surface area (Å²) >= 11 is 1.45. The Bertz CT molecular complexity index is 1400. The van der Waals surface area contributed by atoms with Crippen LogP contribution < -0.4 is 5.73 Å². The second-order valence-electron chi connectivity index (χ2n) is 11.5. The van der Waals surface area contributed by atoms with Crippen molar-refractivity contribution in [1.82, 2.24) is 34.9 Å². The summed E-state index contributed by atoms with van der Waals surface area (Å²) < 4.78 is 0. The van der Waals surface area contributed by atoms with Crippen molar-refractivity contribution in [3.63, 3.8) is 0 Å². The molecular weight excluding hydrogens is 488 g/mol. The number of carbonyl (C=O) groups is 2. The van der Waals surface area contributed by atoms with Crippen LogP contribution in [0.1, 0.15) is 65.4 Å². The molecule has 0 radical (unpaired) electrons. The molecule has 194 valence electrons. The first-order valence-electron chi connectivity index (χ1n) is 12.7. The van der Waals surface area contributed by atoms with Crippen LogP contribution in [-0.4, -0.2) is 79.9 Å². The standard InChI is InChI=1S/C26H32N8O2S/c1-25(2)10-14-11-28-24(27)30-20(14)22-19(25)21(31-32-22)16(35)9-18-29-17(13-37-18)26(6-7-26)23(36)34-8-5-15(12-34)33(3)4/h11,13,15H,5-10,12H2,1-4H3,(H,31,32)(H2,27,28,30)/t15-/m1/s1. The molecule has 2 aliphatic carbocycles. The van der Waals surface area contributed by atoms with Gasteiger partial charge in [-0.05, 0) is 50.8 Å². The minimum atomic E-state index is -0.516. The lowest BCUT2D eigenvalue weighted by atomic mass is 9.73. The monoisotopic (exact) mass is 520 g/mol. The van der Waals surface area contributed by atoms with Crippen LogP contribution in [-0.2, 0) is 28.5 Å². The summed E-state index contributed by atoms with van der Waals surface area (Å²) in [4.78, 5) is 44.5. The second kappa shape index (κ2) is 8.42. The van der Waals surface area contributed by atoms with E-state index in [2.05, 4.69) is 53.0 Å². The quantitative estimate of drug-likeness (QED) is 0.473. The van der Waals surface area contributed by atoms with Crippen molar-refractivity contribution in [2.24, 2.45) is 0 Å². The Labute approximate surface area is 219 Å². The number of nitrogens with one attached hydrogen (secondary N) is 1. The van der Waals surface area contributed by atoms with Crippen molar-refractivity contribution >= 4 is 29.0 Å². The molecule has 3 aromatic heterocycles. The van der Waals surface area contributed by atoms with Gasteiger partial charge in [0, 0.05) is 36.3 Å². The van der Waals surface area contributed by atoms with E-state index >= 15 is 0 Å². The van der Waals surface area contributed by atoms with E-state index < -0.39 is 5.41 Å². The number of nitrogen functional groups attached to an aromatic ring is 1. The van der Waals surface area contributed by atoms with E-state index in [0.29, 0.717) is 29.5 Å². The average molecular weight is 521 g/mol. The lowest BCUT2D eigenvalue weighted by molar-refractivity contribution is -0.133. The Kier molecular flexibility index (Phi) is 5.50. The predicted molar refractivity (Wildman–Crippen MR) is 140 cm³/mol. The number of fused-ring (bicyclic) bond motifs is 3. The van der Waals surface area contributed by atoms with Gasteiger partial charge in [0.15, 0.2) is 5.78 Å². The predicted octanol–water partition coefficient (Wildman–Crippen LogP) is 2.36. The number of amides is 1. The van der Waals surface area contributed by atoms with E-state index in [1.54, 1.807) is 6.20 Å². The molecule has 1 aliphatic heterocycles. The summed E-state index contributed by atoms with van der Waals surface area (Å²) in [6, 6.07) is 0.405. The Morgan fingerprint density at radius 1 is 1.24 bits per heavy atom. The maximum Gasteiger partial charge on any atom is 0.234 e. The fraction of sp³-hybridized carbons (Fsp3) is 0.538. The third-order valence-electron chi connectivity index (χ3n) is 8.16. The largest absolute Gasteiger partial charge is 0.368 e. The van der Waals surface area contributed by atoms with Crippen LogP contribution in [0.3, 0.4) is 0 Å². The first-order valence-corrected chi connectivity index (χ1v) is 13.6. The van der Waals surface area contributed by atoms with Crippen molar-refractivity contribution in [3.8, 4) is 11.4 Å². The van der Waals surface area contributed by atoms with Crippen LogP contribution in [0.2, 0.25) is 0 Å². The molecule has 4 heterocycles. The highest BCUT2D eigenvalue weighted by atomic mass is 32.1. The van der Waals surface area contributed by atoms with Crippen molar-refractivity contribution in [1.29, 1.82) is 0 Å². The zero-order chi connectivity index (χ0) is 26.1. The molecule has 2 fully saturated rings. The summed E-state index contributed by atoms with van der Waals surface area (Å²) in [5.74, 6) is 0.299. The lowest BCUT2D eigenvalue weighted by Gasteiger charge is -2.30. The number of rotatable bonds is 6. The first-order chi connectivity index (χ1) is 17.6. The number of likely N-dealkylation sites (N-methyl/N-ethyl adjacent to an activating group) is 1. The number of hydrogen-bond acceptors (Lipinski definition) is 9. The maximum atomic E-state index is 13.5. The van der Waals surface area contributed by atoms with E-state index in [9.17, 15) is 9.59 Å². The van der Waals surface area contributed by atoms with Gasteiger partial charge in [0.25, 0.3) is 0 Å². The molecule has 0 bridgehead atoms. The molecule has 3 aromatic rings. The highest BCUT2D eigenvalue weighted by Gasteiger charge is 2.55. The molecule has 37 heavy (non-hydrogen) atoms. The van der Waals surface area contributed by atoms with Gasteiger partial charge in [-0.1, -0.05) is 13.8 Å². The van der Waals surface area contributed by atoms with E-state index in [1.165, 1.54) is 11.3 Å². The second-order valence-corrected chi connectivity index (χ2v) is 12.4. The number of Topliss-reactive ketones (excluding diaryl/α,β-unsaturated/α-hetero) is 1. The minimum Gasteiger partial charge on any atom is -0.368 e. The molecule has 11 heteroatoms. The first kappa shape index (κ1) is 24.2. The molecule has 3 N–H and O–H groups in total. The number of thiazole rings is 1.